The topological polar surface area (TPSA) is 20.2 Å². The van der Waals surface area contributed by atoms with Gasteiger partial charge in [0.15, 0.2) is 0 Å². The van der Waals surface area contributed by atoms with Crippen LogP contribution in [0, 0.1) is 9.39 Å². The maximum Gasteiger partial charge on any atom is 0.123 e. The summed E-state index contributed by atoms with van der Waals surface area (Å²) in [4.78, 5) is 0. The van der Waals surface area contributed by atoms with Crippen LogP contribution in [0.15, 0.2) is 48.5 Å². The lowest BCUT2D eigenvalue weighted by Gasteiger charge is -2.14. The maximum absolute atomic E-state index is 12.9. The Labute approximate surface area is 120 Å². The number of aliphatic hydroxyl groups excluding tert-OH is 1. The van der Waals surface area contributed by atoms with Gasteiger partial charge in [0.25, 0.3) is 0 Å². The van der Waals surface area contributed by atoms with Crippen molar-refractivity contribution in [2.75, 3.05) is 6.61 Å². The average Bonchev–Trinajstić information content (AvgIpc) is 2.39. The molecule has 0 saturated heterocycles. The van der Waals surface area contributed by atoms with Crippen LogP contribution in [0.2, 0.25) is 0 Å². The fraction of sp³-hybridized carbons (Fsp3) is 0.200. The number of hydrogen-bond donors (Lipinski definition) is 1. The van der Waals surface area contributed by atoms with E-state index in [-0.39, 0.29) is 18.3 Å². The molecule has 2 aromatic carbocycles. The summed E-state index contributed by atoms with van der Waals surface area (Å²) in [7, 11) is 0. The summed E-state index contributed by atoms with van der Waals surface area (Å²) in [5.41, 5.74) is 2.15. The average molecular weight is 356 g/mol. The first-order valence-corrected chi connectivity index (χ1v) is 6.87. The Morgan fingerprint density at radius 1 is 1.00 bits per heavy atom. The normalized spacial score (nSPS) is 12.4. The highest BCUT2D eigenvalue weighted by Crippen LogP contribution is 2.21. The highest BCUT2D eigenvalue weighted by molar-refractivity contribution is 14.1. The van der Waals surface area contributed by atoms with Gasteiger partial charge in [0.1, 0.15) is 5.82 Å². The molecule has 94 valence electrons. The van der Waals surface area contributed by atoms with Crippen molar-refractivity contribution >= 4 is 22.6 Å². The minimum Gasteiger partial charge on any atom is -0.396 e. The monoisotopic (exact) mass is 356 g/mol. The Kier molecular flexibility index (Phi) is 4.72. The minimum absolute atomic E-state index is 0.0191. The molecule has 0 aromatic heterocycles. The molecule has 2 rings (SSSR count). The van der Waals surface area contributed by atoms with E-state index in [0.29, 0.717) is 0 Å². The molecule has 1 unspecified atom stereocenters. The van der Waals surface area contributed by atoms with E-state index in [1.54, 1.807) is 12.1 Å². The molecule has 0 fully saturated rings. The molecule has 0 aliphatic carbocycles. The summed E-state index contributed by atoms with van der Waals surface area (Å²) in [6, 6.07) is 14.6. The van der Waals surface area contributed by atoms with Crippen molar-refractivity contribution in [3.8, 4) is 0 Å². The predicted octanol–water partition coefficient (Wildman–Crippen LogP) is 3.75. The van der Waals surface area contributed by atoms with Crippen LogP contribution in [0.3, 0.4) is 0 Å². The highest BCUT2D eigenvalue weighted by atomic mass is 127. The molecule has 1 atom stereocenters. The van der Waals surface area contributed by atoms with Crippen LogP contribution >= 0.6 is 22.6 Å². The molecule has 0 bridgehead atoms. The second kappa shape index (κ2) is 6.29. The summed E-state index contributed by atoms with van der Waals surface area (Å²) in [6.45, 7) is 0.0671. The van der Waals surface area contributed by atoms with E-state index in [9.17, 15) is 9.50 Å². The lowest BCUT2D eigenvalue weighted by molar-refractivity contribution is 0.264. The lowest BCUT2D eigenvalue weighted by atomic mass is 9.93. The Morgan fingerprint density at radius 2 is 1.61 bits per heavy atom. The first kappa shape index (κ1) is 13.5. The predicted molar refractivity (Wildman–Crippen MR) is 79.1 cm³/mol. The molecule has 0 spiro atoms. The molecule has 1 N–H and O–H groups in total. The van der Waals surface area contributed by atoms with Crippen LogP contribution in [-0.4, -0.2) is 11.7 Å². The standard InChI is InChI=1S/C15H14FIO/c16-14-5-3-12(4-6-14)13(10-18)9-11-1-7-15(17)8-2-11/h1-8,13,18H,9-10H2. The molecule has 0 saturated carbocycles. The van der Waals surface area contributed by atoms with E-state index in [1.165, 1.54) is 21.3 Å². The van der Waals surface area contributed by atoms with Gasteiger partial charge in [-0.3, -0.25) is 0 Å². The number of hydrogen-bond acceptors (Lipinski definition) is 1. The molecular formula is C15H14FIO. The fourth-order valence-corrected chi connectivity index (χ4v) is 2.29. The third kappa shape index (κ3) is 3.53. The van der Waals surface area contributed by atoms with Crippen LogP contribution in [0.1, 0.15) is 17.0 Å². The molecule has 0 radical (unpaired) electrons. The van der Waals surface area contributed by atoms with Crippen molar-refractivity contribution in [3.05, 3.63) is 69.0 Å². The smallest absolute Gasteiger partial charge is 0.123 e. The summed E-state index contributed by atoms with van der Waals surface area (Å²) < 4.78 is 14.1. The molecule has 2 aromatic rings. The van der Waals surface area contributed by atoms with E-state index < -0.39 is 0 Å². The van der Waals surface area contributed by atoms with E-state index in [0.717, 1.165) is 12.0 Å². The highest BCUT2D eigenvalue weighted by Gasteiger charge is 2.11. The van der Waals surface area contributed by atoms with Crippen LogP contribution < -0.4 is 0 Å². The molecule has 1 nitrogen and oxygen atoms in total. The first-order chi connectivity index (χ1) is 8.69. The van der Waals surface area contributed by atoms with Crippen molar-refractivity contribution in [2.24, 2.45) is 0 Å². The molecule has 18 heavy (non-hydrogen) atoms. The molecule has 0 aliphatic rings. The number of benzene rings is 2. The van der Waals surface area contributed by atoms with Crippen molar-refractivity contribution in [1.82, 2.24) is 0 Å². The maximum atomic E-state index is 12.9. The first-order valence-electron chi connectivity index (χ1n) is 5.80. The van der Waals surface area contributed by atoms with Crippen LogP contribution in [0.25, 0.3) is 0 Å². The lowest BCUT2D eigenvalue weighted by Crippen LogP contribution is -2.07. The number of rotatable bonds is 4. The summed E-state index contributed by atoms with van der Waals surface area (Å²) >= 11 is 2.26. The Bertz CT molecular complexity index is 493. The van der Waals surface area contributed by atoms with Gasteiger partial charge in [-0.05, 0) is 64.4 Å². The quantitative estimate of drug-likeness (QED) is 0.828. The zero-order valence-electron chi connectivity index (χ0n) is 9.81. The van der Waals surface area contributed by atoms with Gasteiger partial charge in [-0.25, -0.2) is 4.39 Å². The number of halogens is 2. The van der Waals surface area contributed by atoms with E-state index in [4.69, 9.17) is 0 Å². The van der Waals surface area contributed by atoms with Crippen molar-refractivity contribution in [2.45, 2.75) is 12.3 Å². The largest absolute Gasteiger partial charge is 0.396 e. The van der Waals surface area contributed by atoms with Crippen molar-refractivity contribution < 1.29 is 9.50 Å². The van der Waals surface area contributed by atoms with Gasteiger partial charge in [-0.15, -0.1) is 0 Å². The van der Waals surface area contributed by atoms with Gasteiger partial charge >= 0.3 is 0 Å². The minimum atomic E-state index is -0.246. The molecular weight excluding hydrogens is 342 g/mol. The molecule has 0 amide bonds. The van der Waals surface area contributed by atoms with E-state index in [1.807, 2.05) is 0 Å². The molecule has 3 heteroatoms. The summed E-state index contributed by atoms with van der Waals surface area (Å²) in [5.74, 6) is -0.227. The summed E-state index contributed by atoms with van der Waals surface area (Å²) in [6.07, 6.45) is 0.763. The van der Waals surface area contributed by atoms with Crippen LogP contribution in [-0.2, 0) is 6.42 Å². The van der Waals surface area contributed by atoms with E-state index in [2.05, 4.69) is 46.9 Å². The van der Waals surface area contributed by atoms with Gasteiger partial charge in [-0.2, -0.15) is 0 Å². The SMILES string of the molecule is OCC(Cc1ccc(I)cc1)c1ccc(F)cc1. The van der Waals surface area contributed by atoms with Gasteiger partial charge in [0.2, 0.25) is 0 Å². The second-order valence-corrected chi connectivity index (χ2v) is 5.51. The molecule has 0 aliphatic heterocycles. The second-order valence-electron chi connectivity index (χ2n) is 4.26. The van der Waals surface area contributed by atoms with E-state index >= 15 is 0 Å². The third-order valence-corrected chi connectivity index (χ3v) is 3.68. The third-order valence-electron chi connectivity index (χ3n) is 2.96. The van der Waals surface area contributed by atoms with Crippen molar-refractivity contribution in [1.29, 1.82) is 0 Å². The summed E-state index contributed by atoms with van der Waals surface area (Å²) in [5, 5.41) is 9.47. The van der Waals surface area contributed by atoms with Gasteiger partial charge < -0.3 is 5.11 Å². The van der Waals surface area contributed by atoms with Gasteiger partial charge in [0, 0.05) is 9.49 Å². The zero-order valence-corrected chi connectivity index (χ0v) is 12.0. The fourth-order valence-electron chi connectivity index (χ4n) is 1.93. The van der Waals surface area contributed by atoms with Crippen LogP contribution in [0.5, 0.6) is 0 Å². The Hall–Kier alpha value is -0.940. The Balaban J connectivity index is 2.14. The van der Waals surface area contributed by atoms with Gasteiger partial charge in [0.05, 0.1) is 6.61 Å². The van der Waals surface area contributed by atoms with Crippen molar-refractivity contribution in [3.63, 3.8) is 0 Å². The zero-order chi connectivity index (χ0) is 13.0. The van der Waals surface area contributed by atoms with Gasteiger partial charge in [-0.1, -0.05) is 24.3 Å². The Morgan fingerprint density at radius 3 is 2.17 bits per heavy atom. The van der Waals surface area contributed by atoms with Crippen LogP contribution in [0.4, 0.5) is 4.39 Å². The molecule has 0 heterocycles. The number of aliphatic hydroxyl groups is 1.